The van der Waals surface area contributed by atoms with Crippen molar-refractivity contribution in [2.75, 3.05) is 13.7 Å². The minimum Gasteiger partial charge on any atom is -0.463 e. The second kappa shape index (κ2) is 5.87. The van der Waals surface area contributed by atoms with Gasteiger partial charge in [-0.25, -0.2) is 4.79 Å². The molecule has 0 unspecified atom stereocenters. The Balaban J connectivity index is 3.46. The third-order valence-electron chi connectivity index (χ3n) is 1.38. The van der Waals surface area contributed by atoms with Crippen LogP contribution in [0.5, 0.6) is 0 Å². The van der Waals surface area contributed by atoms with Crippen molar-refractivity contribution in [2.45, 2.75) is 12.5 Å². The fraction of sp³-hybridized carbons (Fsp3) is 0.571. The predicted octanol–water partition coefficient (Wildman–Crippen LogP) is -0.324. The highest BCUT2D eigenvalue weighted by Gasteiger charge is 2.29. The average molecular weight is 206 g/mol. The van der Waals surface area contributed by atoms with Gasteiger partial charge in [-0.3, -0.25) is 0 Å². The van der Waals surface area contributed by atoms with Crippen LogP contribution in [-0.4, -0.2) is 38.1 Å². The average Bonchev–Trinajstić information content (AvgIpc) is 2.12. The highest BCUT2D eigenvalue weighted by Crippen LogP contribution is 2.05. The molecule has 0 radical (unpaired) electrons. The van der Waals surface area contributed by atoms with Crippen molar-refractivity contribution < 1.29 is 23.5 Å². The van der Waals surface area contributed by atoms with Crippen molar-refractivity contribution >= 4 is 14.8 Å². The molecule has 0 aliphatic rings. The Kier molecular flexibility index (Phi) is 5.56. The van der Waals surface area contributed by atoms with Gasteiger partial charge in [-0.1, -0.05) is 6.58 Å². The molecule has 0 aliphatic heterocycles. The van der Waals surface area contributed by atoms with Crippen molar-refractivity contribution in [3.05, 3.63) is 12.7 Å². The first kappa shape index (κ1) is 12.3. The van der Waals surface area contributed by atoms with E-state index >= 15 is 0 Å². The maximum Gasteiger partial charge on any atom is 0.495 e. The van der Waals surface area contributed by atoms with Gasteiger partial charge in [0, 0.05) is 19.2 Å². The standard InChI is InChI=1S/C7H14O5Si/c1-3-7(8)12-5-4-6-13(9,10)11-2/h3,9-10H,1,4-6H2,2H3. The molecule has 0 aromatic carbocycles. The van der Waals surface area contributed by atoms with Gasteiger partial charge in [0.25, 0.3) is 0 Å². The number of hydrogen-bond donors (Lipinski definition) is 2. The second-order valence-corrected chi connectivity index (χ2v) is 4.82. The van der Waals surface area contributed by atoms with Gasteiger partial charge in [0.05, 0.1) is 6.61 Å². The molecule has 0 heterocycles. The third kappa shape index (κ3) is 6.47. The number of rotatable bonds is 6. The van der Waals surface area contributed by atoms with E-state index in [1.807, 2.05) is 0 Å². The Morgan fingerprint density at radius 1 is 1.62 bits per heavy atom. The summed E-state index contributed by atoms with van der Waals surface area (Å²) in [5.74, 6) is -0.513. The molecular formula is C7H14O5Si. The molecule has 0 amide bonds. The maximum absolute atomic E-state index is 10.5. The monoisotopic (exact) mass is 206 g/mol. The smallest absolute Gasteiger partial charge is 0.463 e. The second-order valence-electron chi connectivity index (χ2n) is 2.42. The first-order chi connectivity index (χ1) is 6.02. The molecule has 0 saturated heterocycles. The van der Waals surface area contributed by atoms with Crippen LogP contribution < -0.4 is 0 Å². The first-order valence-corrected chi connectivity index (χ1v) is 5.82. The van der Waals surface area contributed by atoms with Crippen LogP contribution in [0.3, 0.4) is 0 Å². The summed E-state index contributed by atoms with van der Waals surface area (Å²) >= 11 is 0. The summed E-state index contributed by atoms with van der Waals surface area (Å²) in [7, 11) is -2.24. The van der Waals surface area contributed by atoms with Crippen LogP contribution in [-0.2, 0) is 14.0 Å². The van der Waals surface area contributed by atoms with E-state index in [4.69, 9.17) is 9.59 Å². The molecule has 13 heavy (non-hydrogen) atoms. The Labute approximate surface area is 78.0 Å². The van der Waals surface area contributed by atoms with Gasteiger partial charge in [-0.05, 0) is 6.42 Å². The van der Waals surface area contributed by atoms with Crippen LogP contribution in [0, 0.1) is 0 Å². The Hall–Kier alpha value is -0.693. The van der Waals surface area contributed by atoms with Crippen LogP contribution in [0.15, 0.2) is 12.7 Å². The summed E-state index contributed by atoms with van der Waals surface area (Å²) in [4.78, 5) is 28.6. The predicted molar refractivity (Wildman–Crippen MR) is 47.8 cm³/mol. The summed E-state index contributed by atoms with van der Waals surface area (Å²) in [5, 5.41) is 0. The lowest BCUT2D eigenvalue weighted by Gasteiger charge is -2.13. The number of carbonyl (C=O) groups excluding carboxylic acids is 1. The minimum atomic E-state index is -3.48. The first-order valence-electron chi connectivity index (χ1n) is 3.81. The number of esters is 1. The van der Waals surface area contributed by atoms with Crippen molar-refractivity contribution in [3.8, 4) is 0 Å². The van der Waals surface area contributed by atoms with Gasteiger partial charge in [-0.15, -0.1) is 0 Å². The summed E-state index contributed by atoms with van der Waals surface area (Å²) in [6, 6.07) is 0.119. The molecule has 0 fully saturated rings. The minimum absolute atomic E-state index is 0.119. The summed E-state index contributed by atoms with van der Waals surface area (Å²) in [5.41, 5.74) is 0. The zero-order valence-corrected chi connectivity index (χ0v) is 8.52. The lowest BCUT2D eigenvalue weighted by atomic mass is 10.5. The molecule has 76 valence electrons. The van der Waals surface area contributed by atoms with Gasteiger partial charge in [0.1, 0.15) is 0 Å². The van der Waals surface area contributed by atoms with Crippen LogP contribution in [0.4, 0.5) is 0 Å². The lowest BCUT2D eigenvalue weighted by Crippen LogP contribution is -2.37. The van der Waals surface area contributed by atoms with Crippen LogP contribution in [0.1, 0.15) is 6.42 Å². The number of hydrogen-bond acceptors (Lipinski definition) is 5. The largest absolute Gasteiger partial charge is 0.495 e. The van der Waals surface area contributed by atoms with E-state index in [-0.39, 0.29) is 12.7 Å². The van der Waals surface area contributed by atoms with Gasteiger partial charge in [0.2, 0.25) is 0 Å². The number of ether oxygens (including phenoxy) is 1. The normalized spacial score (nSPS) is 11.0. The van der Waals surface area contributed by atoms with E-state index in [9.17, 15) is 4.79 Å². The molecule has 5 nitrogen and oxygen atoms in total. The highest BCUT2D eigenvalue weighted by atomic mass is 28.4. The van der Waals surface area contributed by atoms with Gasteiger partial charge < -0.3 is 18.8 Å². The molecule has 0 spiro atoms. The SMILES string of the molecule is C=CC(=O)OCCC[Si](O)(O)OC. The third-order valence-corrected chi connectivity index (χ3v) is 3.04. The molecule has 0 aromatic heterocycles. The molecule has 0 atom stereocenters. The van der Waals surface area contributed by atoms with Crippen molar-refractivity contribution in [2.24, 2.45) is 0 Å². The van der Waals surface area contributed by atoms with Gasteiger partial charge >= 0.3 is 14.8 Å². The summed E-state index contributed by atoms with van der Waals surface area (Å²) < 4.78 is 9.08. The van der Waals surface area contributed by atoms with Gasteiger partial charge in [0.15, 0.2) is 0 Å². The van der Waals surface area contributed by atoms with E-state index < -0.39 is 14.8 Å². The topological polar surface area (TPSA) is 76.0 Å². The van der Waals surface area contributed by atoms with Crippen molar-refractivity contribution in [3.63, 3.8) is 0 Å². The van der Waals surface area contributed by atoms with E-state index in [0.717, 1.165) is 6.08 Å². The fourth-order valence-corrected chi connectivity index (χ4v) is 1.45. The van der Waals surface area contributed by atoms with E-state index in [2.05, 4.69) is 15.7 Å². The van der Waals surface area contributed by atoms with Crippen LogP contribution in [0.25, 0.3) is 0 Å². The molecule has 0 aliphatic carbocycles. The Bertz CT molecular complexity index is 180. The maximum atomic E-state index is 10.5. The van der Waals surface area contributed by atoms with Crippen LogP contribution >= 0.6 is 0 Å². The summed E-state index contributed by atoms with van der Waals surface area (Å²) in [6.07, 6.45) is 1.42. The molecule has 2 N–H and O–H groups in total. The molecule has 0 aromatic rings. The van der Waals surface area contributed by atoms with E-state index in [1.54, 1.807) is 0 Å². The molecule has 0 bridgehead atoms. The Morgan fingerprint density at radius 3 is 2.69 bits per heavy atom. The fourth-order valence-electron chi connectivity index (χ4n) is 0.636. The van der Waals surface area contributed by atoms with Crippen molar-refractivity contribution in [1.82, 2.24) is 0 Å². The Morgan fingerprint density at radius 2 is 2.23 bits per heavy atom. The van der Waals surface area contributed by atoms with E-state index in [1.165, 1.54) is 7.11 Å². The molecule has 0 rings (SSSR count). The zero-order valence-electron chi connectivity index (χ0n) is 7.52. The lowest BCUT2D eigenvalue weighted by molar-refractivity contribution is -0.137. The van der Waals surface area contributed by atoms with Crippen molar-refractivity contribution in [1.29, 1.82) is 0 Å². The number of carbonyl (C=O) groups is 1. The van der Waals surface area contributed by atoms with Crippen LogP contribution in [0.2, 0.25) is 6.04 Å². The molecule has 0 saturated carbocycles. The summed E-state index contributed by atoms with van der Waals surface area (Å²) in [6.45, 7) is 3.36. The quantitative estimate of drug-likeness (QED) is 0.269. The highest BCUT2D eigenvalue weighted by molar-refractivity contribution is 6.57. The molecular weight excluding hydrogens is 192 g/mol. The van der Waals surface area contributed by atoms with E-state index in [0.29, 0.717) is 6.42 Å². The zero-order chi connectivity index (χ0) is 10.3. The van der Waals surface area contributed by atoms with Gasteiger partial charge in [-0.2, -0.15) is 0 Å². The molecule has 6 heteroatoms.